The summed E-state index contributed by atoms with van der Waals surface area (Å²) in [6.07, 6.45) is 7.51. The number of nitrogens with one attached hydrogen (secondary N) is 1. The number of carbonyl (C=O) groups excluding carboxylic acids is 2. The lowest BCUT2D eigenvalue weighted by atomic mass is 9.78. The predicted octanol–water partition coefficient (Wildman–Crippen LogP) is 2.66. The van der Waals surface area contributed by atoms with Gasteiger partial charge in [0.15, 0.2) is 0 Å². The van der Waals surface area contributed by atoms with E-state index in [9.17, 15) is 9.59 Å². The highest BCUT2D eigenvalue weighted by Crippen LogP contribution is 2.35. The van der Waals surface area contributed by atoms with Crippen LogP contribution >= 0.6 is 0 Å². The van der Waals surface area contributed by atoms with E-state index >= 15 is 0 Å². The molecule has 1 aliphatic heterocycles. The molecule has 0 aromatic heterocycles. The molecule has 3 rings (SSSR count). The molecule has 1 saturated carbocycles. The van der Waals surface area contributed by atoms with Crippen LogP contribution in [-0.2, 0) is 11.3 Å². The lowest BCUT2D eigenvalue weighted by molar-refractivity contribution is -0.138. The molecular formula is C21H31N3O2. The highest BCUT2D eigenvalue weighted by molar-refractivity contribution is 5.93. The number of carbonyl (C=O) groups is 2. The zero-order valence-corrected chi connectivity index (χ0v) is 16.0. The van der Waals surface area contributed by atoms with Crippen molar-refractivity contribution in [1.82, 2.24) is 15.1 Å². The number of hydrogen-bond acceptors (Lipinski definition) is 3. The SMILES string of the molecule is CNC(=O)c1ccc(CN(C)CC(=O)N2CCC[C@H]3CCCC[C@@H]32)cc1. The van der Waals surface area contributed by atoms with Gasteiger partial charge in [-0.2, -0.15) is 0 Å². The summed E-state index contributed by atoms with van der Waals surface area (Å²) in [5.41, 5.74) is 1.77. The van der Waals surface area contributed by atoms with E-state index in [1.807, 2.05) is 31.3 Å². The number of hydrogen-bond donors (Lipinski definition) is 1. The smallest absolute Gasteiger partial charge is 0.251 e. The second-order valence-corrected chi connectivity index (χ2v) is 7.79. The van der Waals surface area contributed by atoms with Crippen LogP contribution in [0.5, 0.6) is 0 Å². The summed E-state index contributed by atoms with van der Waals surface area (Å²) >= 11 is 0. The average Bonchev–Trinajstić information content (AvgIpc) is 2.67. The lowest BCUT2D eigenvalue weighted by Gasteiger charge is -2.44. The van der Waals surface area contributed by atoms with Crippen molar-refractivity contribution in [3.8, 4) is 0 Å². The quantitative estimate of drug-likeness (QED) is 0.881. The van der Waals surface area contributed by atoms with Crippen LogP contribution in [0.15, 0.2) is 24.3 Å². The van der Waals surface area contributed by atoms with Crippen molar-refractivity contribution in [2.45, 2.75) is 51.1 Å². The minimum absolute atomic E-state index is 0.0767. The summed E-state index contributed by atoms with van der Waals surface area (Å²) in [6.45, 7) is 2.09. The maximum absolute atomic E-state index is 12.9. The van der Waals surface area contributed by atoms with E-state index in [2.05, 4.69) is 15.1 Å². The Morgan fingerprint density at radius 2 is 1.81 bits per heavy atom. The van der Waals surface area contributed by atoms with Gasteiger partial charge in [-0.3, -0.25) is 14.5 Å². The number of rotatable bonds is 5. The Hall–Kier alpha value is -1.88. The van der Waals surface area contributed by atoms with Gasteiger partial charge < -0.3 is 10.2 Å². The summed E-state index contributed by atoms with van der Waals surface area (Å²) in [5, 5.41) is 2.63. The summed E-state index contributed by atoms with van der Waals surface area (Å²) in [7, 11) is 3.62. The Labute approximate surface area is 156 Å². The molecule has 2 fully saturated rings. The molecule has 2 atom stereocenters. The van der Waals surface area contributed by atoms with Gasteiger partial charge in [0.2, 0.25) is 5.91 Å². The zero-order valence-electron chi connectivity index (χ0n) is 16.0. The first kappa shape index (κ1) is 18.9. The van der Waals surface area contributed by atoms with Crippen LogP contribution in [0.25, 0.3) is 0 Å². The zero-order chi connectivity index (χ0) is 18.5. The van der Waals surface area contributed by atoms with E-state index in [4.69, 9.17) is 0 Å². The van der Waals surface area contributed by atoms with Gasteiger partial charge in [-0.25, -0.2) is 0 Å². The predicted molar refractivity (Wildman–Crippen MR) is 103 cm³/mol. The molecular weight excluding hydrogens is 326 g/mol. The van der Waals surface area contributed by atoms with Crippen molar-refractivity contribution in [2.24, 2.45) is 5.92 Å². The Morgan fingerprint density at radius 3 is 2.54 bits per heavy atom. The van der Waals surface area contributed by atoms with Gasteiger partial charge in [0.1, 0.15) is 0 Å². The number of benzene rings is 1. The Kier molecular flexibility index (Phi) is 6.30. The van der Waals surface area contributed by atoms with Gasteiger partial charge >= 0.3 is 0 Å². The minimum Gasteiger partial charge on any atom is -0.355 e. The Bertz CT molecular complexity index is 627. The maximum Gasteiger partial charge on any atom is 0.251 e. The number of fused-ring (bicyclic) bond motifs is 1. The van der Waals surface area contributed by atoms with Gasteiger partial charge in [0.25, 0.3) is 5.91 Å². The number of likely N-dealkylation sites (tertiary alicyclic amines) is 1. The monoisotopic (exact) mass is 357 g/mol. The fraction of sp³-hybridized carbons (Fsp3) is 0.619. The molecule has 26 heavy (non-hydrogen) atoms. The standard InChI is InChI=1S/C21H31N3O2/c1-22-21(26)18-11-9-16(10-12-18)14-23(2)15-20(25)24-13-5-7-17-6-3-4-8-19(17)24/h9-12,17,19H,3-8,13-15H2,1-2H3,(H,22,26)/t17-,19+/m1/s1. The number of amides is 2. The van der Waals surface area contributed by atoms with Crippen molar-refractivity contribution < 1.29 is 9.59 Å². The molecule has 0 bridgehead atoms. The van der Waals surface area contributed by atoms with E-state index in [-0.39, 0.29) is 11.8 Å². The molecule has 5 heteroatoms. The van der Waals surface area contributed by atoms with Crippen LogP contribution in [-0.4, -0.2) is 54.8 Å². The van der Waals surface area contributed by atoms with Gasteiger partial charge in [-0.15, -0.1) is 0 Å². The van der Waals surface area contributed by atoms with Crippen LogP contribution in [0.1, 0.15) is 54.4 Å². The second-order valence-electron chi connectivity index (χ2n) is 7.79. The first-order valence-electron chi connectivity index (χ1n) is 9.87. The van der Waals surface area contributed by atoms with Gasteiger partial charge in [-0.1, -0.05) is 25.0 Å². The Morgan fingerprint density at radius 1 is 1.12 bits per heavy atom. The lowest BCUT2D eigenvalue weighted by Crippen LogP contribution is -2.52. The third-order valence-electron chi connectivity index (χ3n) is 5.86. The van der Waals surface area contributed by atoms with Crippen molar-refractivity contribution in [2.75, 3.05) is 27.2 Å². The van der Waals surface area contributed by atoms with E-state index in [0.717, 1.165) is 24.4 Å². The number of likely N-dealkylation sites (N-methyl/N-ethyl adjacent to an activating group) is 1. The van der Waals surface area contributed by atoms with Gasteiger partial charge in [0.05, 0.1) is 6.54 Å². The molecule has 1 N–H and O–H groups in total. The highest BCUT2D eigenvalue weighted by atomic mass is 16.2. The summed E-state index contributed by atoms with van der Waals surface area (Å²) in [6, 6.07) is 8.07. The fourth-order valence-electron chi connectivity index (χ4n) is 4.53. The maximum atomic E-state index is 12.9. The fourth-order valence-corrected chi connectivity index (χ4v) is 4.53. The van der Waals surface area contributed by atoms with Crippen molar-refractivity contribution in [1.29, 1.82) is 0 Å². The molecule has 1 aliphatic carbocycles. The summed E-state index contributed by atoms with van der Waals surface area (Å²) in [5.74, 6) is 0.919. The van der Waals surface area contributed by atoms with Crippen LogP contribution in [0.4, 0.5) is 0 Å². The minimum atomic E-state index is -0.0767. The molecule has 1 aromatic rings. The third-order valence-corrected chi connectivity index (χ3v) is 5.86. The van der Waals surface area contributed by atoms with Crippen LogP contribution in [0, 0.1) is 5.92 Å². The average molecular weight is 357 g/mol. The Balaban J connectivity index is 1.54. The molecule has 2 amide bonds. The van der Waals surface area contributed by atoms with Gasteiger partial charge in [0, 0.05) is 31.7 Å². The van der Waals surface area contributed by atoms with E-state index in [0.29, 0.717) is 24.7 Å². The largest absolute Gasteiger partial charge is 0.355 e. The summed E-state index contributed by atoms with van der Waals surface area (Å²) in [4.78, 5) is 28.7. The van der Waals surface area contributed by atoms with Gasteiger partial charge in [-0.05, 0) is 56.3 Å². The normalized spacial score (nSPS) is 22.8. The van der Waals surface area contributed by atoms with E-state index in [1.165, 1.54) is 32.1 Å². The molecule has 2 aliphatic rings. The first-order chi connectivity index (χ1) is 12.6. The molecule has 5 nitrogen and oxygen atoms in total. The van der Waals surface area contributed by atoms with E-state index < -0.39 is 0 Å². The first-order valence-corrected chi connectivity index (χ1v) is 9.87. The molecule has 1 heterocycles. The van der Waals surface area contributed by atoms with Crippen molar-refractivity contribution in [3.63, 3.8) is 0 Å². The molecule has 0 unspecified atom stereocenters. The van der Waals surface area contributed by atoms with Crippen LogP contribution in [0.3, 0.4) is 0 Å². The molecule has 1 saturated heterocycles. The van der Waals surface area contributed by atoms with Crippen molar-refractivity contribution >= 4 is 11.8 Å². The number of piperidine rings is 1. The molecule has 1 aromatic carbocycles. The van der Waals surface area contributed by atoms with E-state index in [1.54, 1.807) is 7.05 Å². The van der Waals surface area contributed by atoms with Crippen LogP contribution < -0.4 is 5.32 Å². The molecule has 0 radical (unpaired) electrons. The molecule has 0 spiro atoms. The van der Waals surface area contributed by atoms with Crippen molar-refractivity contribution in [3.05, 3.63) is 35.4 Å². The third kappa shape index (κ3) is 4.44. The topological polar surface area (TPSA) is 52.7 Å². The highest BCUT2D eigenvalue weighted by Gasteiger charge is 2.35. The molecule has 142 valence electrons. The second kappa shape index (κ2) is 8.67. The summed E-state index contributed by atoms with van der Waals surface area (Å²) < 4.78 is 0. The number of nitrogens with zero attached hydrogens (tertiary/aromatic N) is 2. The van der Waals surface area contributed by atoms with Crippen LogP contribution in [0.2, 0.25) is 0 Å².